The Morgan fingerprint density at radius 1 is 0.933 bits per heavy atom. The van der Waals surface area contributed by atoms with Gasteiger partial charge in [0.15, 0.2) is 0 Å². The summed E-state index contributed by atoms with van der Waals surface area (Å²) in [6, 6.07) is 0. The molecule has 0 radical (unpaired) electrons. The fourth-order valence-electron chi connectivity index (χ4n) is 1.45. The van der Waals surface area contributed by atoms with Crippen molar-refractivity contribution < 1.29 is 0 Å². The van der Waals surface area contributed by atoms with Crippen molar-refractivity contribution in [1.29, 1.82) is 0 Å². The van der Waals surface area contributed by atoms with Crippen LogP contribution in [0.4, 0.5) is 0 Å². The molecule has 4 heteroatoms. The van der Waals surface area contributed by atoms with E-state index in [4.69, 9.17) is 5.73 Å². The molecule has 3 N–H and O–H groups in total. The summed E-state index contributed by atoms with van der Waals surface area (Å²) in [5.74, 6) is 0. The minimum Gasteiger partial charge on any atom is -0.330 e. The Balaban J connectivity index is 3.31. The van der Waals surface area contributed by atoms with Crippen molar-refractivity contribution >= 4 is 0 Å². The molecule has 0 aromatic carbocycles. The second-order valence-electron chi connectivity index (χ2n) is 4.21. The quantitative estimate of drug-likeness (QED) is 0.497. The van der Waals surface area contributed by atoms with Crippen LogP contribution in [0.2, 0.25) is 0 Å². The summed E-state index contributed by atoms with van der Waals surface area (Å²) in [5, 5.41) is 3.16. The molecule has 15 heavy (non-hydrogen) atoms. The highest BCUT2D eigenvalue weighted by molar-refractivity contribution is 4.58. The molecule has 0 amide bonds. The molecule has 0 aromatic rings. The first kappa shape index (κ1) is 14.8. The third kappa shape index (κ3) is 10.1. The van der Waals surface area contributed by atoms with E-state index in [1.165, 1.54) is 13.0 Å². The summed E-state index contributed by atoms with van der Waals surface area (Å²) in [7, 11) is 6.35. The first-order valence-electron chi connectivity index (χ1n) is 5.92. The van der Waals surface area contributed by atoms with Gasteiger partial charge in [0.2, 0.25) is 0 Å². The number of hydrogen-bond acceptors (Lipinski definition) is 4. The van der Waals surface area contributed by atoms with Crippen molar-refractivity contribution in [3.05, 3.63) is 0 Å². The van der Waals surface area contributed by atoms with Gasteiger partial charge in [0.05, 0.1) is 0 Å². The molecule has 0 rings (SSSR count). The SMILES string of the molecule is CNCCCN(C)CCN(C)CCCN. The van der Waals surface area contributed by atoms with Crippen molar-refractivity contribution in [1.82, 2.24) is 15.1 Å². The van der Waals surface area contributed by atoms with Crippen LogP contribution in [0.5, 0.6) is 0 Å². The van der Waals surface area contributed by atoms with E-state index >= 15 is 0 Å². The maximum Gasteiger partial charge on any atom is 0.0106 e. The lowest BCUT2D eigenvalue weighted by atomic mass is 10.3. The number of nitrogens with two attached hydrogens (primary N) is 1. The lowest BCUT2D eigenvalue weighted by Crippen LogP contribution is -2.33. The zero-order valence-electron chi connectivity index (χ0n) is 10.6. The van der Waals surface area contributed by atoms with Gasteiger partial charge in [-0.3, -0.25) is 0 Å². The molecule has 4 nitrogen and oxygen atoms in total. The van der Waals surface area contributed by atoms with Gasteiger partial charge in [0, 0.05) is 13.1 Å². The molecule has 0 fully saturated rings. The van der Waals surface area contributed by atoms with E-state index in [1.807, 2.05) is 7.05 Å². The van der Waals surface area contributed by atoms with Crippen LogP contribution in [0.1, 0.15) is 12.8 Å². The number of likely N-dealkylation sites (N-methyl/N-ethyl adjacent to an activating group) is 2. The zero-order valence-corrected chi connectivity index (χ0v) is 10.6. The third-order valence-corrected chi connectivity index (χ3v) is 2.57. The maximum atomic E-state index is 5.47. The maximum absolute atomic E-state index is 5.47. The second kappa shape index (κ2) is 10.4. The second-order valence-corrected chi connectivity index (χ2v) is 4.21. The van der Waals surface area contributed by atoms with Crippen LogP contribution in [0.25, 0.3) is 0 Å². The Kier molecular flexibility index (Phi) is 10.3. The minimum atomic E-state index is 0.794. The fourth-order valence-corrected chi connectivity index (χ4v) is 1.45. The van der Waals surface area contributed by atoms with E-state index in [0.717, 1.165) is 39.1 Å². The van der Waals surface area contributed by atoms with Gasteiger partial charge in [0.25, 0.3) is 0 Å². The van der Waals surface area contributed by atoms with E-state index < -0.39 is 0 Å². The molecular weight excluding hydrogens is 188 g/mol. The molecule has 0 aromatic heterocycles. The minimum absolute atomic E-state index is 0.794. The van der Waals surface area contributed by atoms with Gasteiger partial charge in [0.1, 0.15) is 0 Å². The summed E-state index contributed by atoms with van der Waals surface area (Å²) in [4.78, 5) is 4.73. The van der Waals surface area contributed by atoms with Crippen molar-refractivity contribution in [3.63, 3.8) is 0 Å². The summed E-state index contributed by atoms with van der Waals surface area (Å²) in [6.07, 6.45) is 2.32. The first-order valence-corrected chi connectivity index (χ1v) is 5.92. The van der Waals surface area contributed by atoms with Crippen LogP contribution in [0.3, 0.4) is 0 Å². The van der Waals surface area contributed by atoms with E-state index in [0.29, 0.717) is 0 Å². The summed E-state index contributed by atoms with van der Waals surface area (Å²) < 4.78 is 0. The average molecular weight is 216 g/mol. The molecule has 0 spiro atoms. The predicted octanol–water partition coefficient (Wildman–Crippen LogP) is -0.192. The molecule has 92 valence electrons. The lowest BCUT2D eigenvalue weighted by molar-refractivity contribution is 0.253. The first-order chi connectivity index (χ1) is 7.20. The monoisotopic (exact) mass is 216 g/mol. The van der Waals surface area contributed by atoms with Crippen LogP contribution >= 0.6 is 0 Å². The van der Waals surface area contributed by atoms with Crippen LogP contribution in [-0.2, 0) is 0 Å². The Labute approximate surface area is 94.8 Å². The molecule has 0 saturated carbocycles. The van der Waals surface area contributed by atoms with Gasteiger partial charge in [-0.15, -0.1) is 0 Å². The molecule has 0 aliphatic heterocycles. The number of hydrogen-bond donors (Lipinski definition) is 2. The van der Waals surface area contributed by atoms with Gasteiger partial charge in [-0.2, -0.15) is 0 Å². The highest BCUT2D eigenvalue weighted by atomic mass is 15.2. The number of rotatable bonds is 10. The predicted molar refractivity (Wildman–Crippen MR) is 67.2 cm³/mol. The number of nitrogens with zero attached hydrogens (tertiary/aromatic N) is 2. The van der Waals surface area contributed by atoms with Crippen molar-refractivity contribution in [2.45, 2.75) is 12.8 Å². The van der Waals surface area contributed by atoms with Crippen LogP contribution in [-0.4, -0.2) is 70.2 Å². The molecule has 0 saturated heterocycles. The summed E-state index contributed by atoms with van der Waals surface area (Å²) in [6.45, 7) is 6.46. The van der Waals surface area contributed by atoms with Crippen LogP contribution in [0.15, 0.2) is 0 Å². The summed E-state index contributed by atoms with van der Waals surface area (Å²) >= 11 is 0. The van der Waals surface area contributed by atoms with E-state index in [9.17, 15) is 0 Å². The smallest absolute Gasteiger partial charge is 0.0106 e. The molecule has 0 bridgehead atoms. The number of nitrogens with one attached hydrogen (secondary N) is 1. The van der Waals surface area contributed by atoms with Crippen molar-refractivity contribution in [2.75, 3.05) is 60.4 Å². The average Bonchev–Trinajstić information content (AvgIpc) is 2.24. The van der Waals surface area contributed by atoms with Gasteiger partial charge >= 0.3 is 0 Å². The Morgan fingerprint density at radius 2 is 1.47 bits per heavy atom. The molecule has 0 aliphatic rings. The van der Waals surface area contributed by atoms with Gasteiger partial charge < -0.3 is 20.9 Å². The fraction of sp³-hybridized carbons (Fsp3) is 1.00. The Morgan fingerprint density at radius 3 is 1.93 bits per heavy atom. The van der Waals surface area contributed by atoms with Gasteiger partial charge in [-0.25, -0.2) is 0 Å². The summed E-state index contributed by atoms with van der Waals surface area (Å²) in [5.41, 5.74) is 5.47. The molecular formula is C11H28N4. The van der Waals surface area contributed by atoms with Gasteiger partial charge in [-0.1, -0.05) is 0 Å². The topological polar surface area (TPSA) is 44.5 Å². The van der Waals surface area contributed by atoms with E-state index in [2.05, 4.69) is 29.2 Å². The lowest BCUT2D eigenvalue weighted by Gasteiger charge is -2.21. The Bertz CT molecular complexity index is 130. The highest BCUT2D eigenvalue weighted by Gasteiger charge is 2.01. The Hall–Kier alpha value is -0.160. The van der Waals surface area contributed by atoms with Crippen molar-refractivity contribution in [3.8, 4) is 0 Å². The molecule has 0 atom stereocenters. The molecule has 0 heterocycles. The zero-order chi connectivity index (χ0) is 11.5. The normalized spacial score (nSPS) is 11.6. The third-order valence-electron chi connectivity index (χ3n) is 2.57. The van der Waals surface area contributed by atoms with E-state index in [-0.39, 0.29) is 0 Å². The highest BCUT2D eigenvalue weighted by Crippen LogP contribution is 1.90. The van der Waals surface area contributed by atoms with Crippen LogP contribution in [0, 0.1) is 0 Å². The van der Waals surface area contributed by atoms with Crippen molar-refractivity contribution in [2.24, 2.45) is 5.73 Å². The molecule has 0 aliphatic carbocycles. The largest absolute Gasteiger partial charge is 0.330 e. The standard InChI is InChI=1S/C11H28N4/c1-13-7-5-9-15(3)11-10-14(2)8-4-6-12/h13H,4-12H2,1-3H3. The van der Waals surface area contributed by atoms with Gasteiger partial charge in [-0.05, 0) is 60.2 Å². The van der Waals surface area contributed by atoms with Crippen LogP contribution < -0.4 is 11.1 Å². The molecule has 0 unspecified atom stereocenters. The van der Waals surface area contributed by atoms with E-state index in [1.54, 1.807) is 0 Å².